The summed E-state index contributed by atoms with van der Waals surface area (Å²) in [5.74, 6) is -0.522. The molecule has 0 atom stereocenters. The van der Waals surface area contributed by atoms with Crippen LogP contribution < -0.4 is 11.1 Å². The number of halogens is 1. The van der Waals surface area contributed by atoms with Crippen LogP contribution in [-0.4, -0.2) is 30.4 Å². The van der Waals surface area contributed by atoms with Crippen LogP contribution in [0.1, 0.15) is 25.7 Å². The molecule has 19 heavy (non-hydrogen) atoms. The summed E-state index contributed by atoms with van der Waals surface area (Å²) < 4.78 is 12.9. The lowest BCUT2D eigenvalue weighted by molar-refractivity contribution is -0.117. The van der Waals surface area contributed by atoms with Crippen molar-refractivity contribution < 1.29 is 9.18 Å². The molecule has 1 saturated carbocycles. The Morgan fingerprint density at radius 2 is 2.16 bits per heavy atom. The maximum atomic E-state index is 12.9. The Kier molecular flexibility index (Phi) is 4.37. The van der Waals surface area contributed by atoms with Crippen LogP contribution in [0.5, 0.6) is 0 Å². The molecule has 0 unspecified atom stereocenters. The minimum Gasteiger partial charge on any atom is -0.397 e. The van der Waals surface area contributed by atoms with Crippen LogP contribution in [0.25, 0.3) is 0 Å². The molecule has 3 N–H and O–H groups in total. The lowest BCUT2D eigenvalue weighted by Gasteiger charge is -2.23. The van der Waals surface area contributed by atoms with Crippen molar-refractivity contribution in [3.05, 3.63) is 24.0 Å². The van der Waals surface area contributed by atoms with Crippen LogP contribution in [0.3, 0.4) is 0 Å². The Morgan fingerprint density at radius 1 is 1.47 bits per heavy atom. The summed E-state index contributed by atoms with van der Waals surface area (Å²) in [6.07, 6.45) is 4.79. The van der Waals surface area contributed by atoms with Crippen LogP contribution in [-0.2, 0) is 4.79 Å². The normalized spacial score (nSPS) is 15.9. The van der Waals surface area contributed by atoms with Gasteiger partial charge in [0.2, 0.25) is 5.91 Å². The number of nitrogen functional groups attached to an aromatic ring is 1. The summed E-state index contributed by atoms with van der Waals surface area (Å²) in [4.78, 5) is 14.0. The van der Waals surface area contributed by atoms with E-state index >= 15 is 0 Å². The molecule has 4 nitrogen and oxygen atoms in total. The zero-order valence-corrected chi connectivity index (χ0v) is 11.2. The van der Waals surface area contributed by atoms with E-state index in [1.807, 2.05) is 7.05 Å². The number of rotatable bonds is 4. The Balaban J connectivity index is 1.89. The first-order chi connectivity index (χ1) is 9.06. The summed E-state index contributed by atoms with van der Waals surface area (Å²) in [6.45, 7) is 0.335. The van der Waals surface area contributed by atoms with Gasteiger partial charge in [-0.1, -0.05) is 12.8 Å². The third-order valence-corrected chi connectivity index (χ3v) is 3.63. The highest BCUT2D eigenvalue weighted by molar-refractivity contribution is 5.95. The largest absolute Gasteiger partial charge is 0.397 e. The number of nitrogens with two attached hydrogens (primary N) is 1. The van der Waals surface area contributed by atoms with Gasteiger partial charge in [0.15, 0.2) is 0 Å². The minimum absolute atomic E-state index is 0.118. The molecule has 0 saturated heterocycles. The van der Waals surface area contributed by atoms with Gasteiger partial charge in [-0.3, -0.25) is 9.69 Å². The number of amides is 1. The molecule has 104 valence electrons. The molecular formula is C14H20FN3O. The second-order valence-electron chi connectivity index (χ2n) is 5.13. The summed E-state index contributed by atoms with van der Waals surface area (Å²) in [6, 6.07) is 4.47. The van der Waals surface area contributed by atoms with Crippen LogP contribution >= 0.6 is 0 Å². The molecule has 0 bridgehead atoms. The number of benzene rings is 1. The second kappa shape index (κ2) is 6.02. The predicted molar refractivity (Wildman–Crippen MR) is 74.3 cm³/mol. The summed E-state index contributed by atoms with van der Waals surface area (Å²) >= 11 is 0. The van der Waals surface area contributed by atoms with Crippen molar-refractivity contribution in [2.45, 2.75) is 31.7 Å². The summed E-state index contributed by atoms with van der Waals surface area (Å²) in [5, 5.41) is 2.72. The molecule has 0 aromatic heterocycles. The number of anilines is 2. The number of hydrogen-bond donors (Lipinski definition) is 2. The number of likely N-dealkylation sites (N-methyl/N-ethyl adjacent to an activating group) is 1. The first kappa shape index (κ1) is 13.8. The standard InChI is InChI=1S/C14H20FN3O/c1-18(11-4-2-3-5-11)9-14(19)17-13-7-6-10(15)8-12(13)16/h6-8,11H,2-5,9,16H2,1H3,(H,17,19). The van der Waals surface area contributed by atoms with Crippen molar-refractivity contribution in [2.24, 2.45) is 0 Å². The molecule has 1 fully saturated rings. The smallest absolute Gasteiger partial charge is 0.238 e. The van der Waals surface area contributed by atoms with E-state index in [2.05, 4.69) is 10.2 Å². The molecule has 1 aromatic rings. The van der Waals surface area contributed by atoms with Gasteiger partial charge >= 0.3 is 0 Å². The van der Waals surface area contributed by atoms with Gasteiger partial charge in [-0.15, -0.1) is 0 Å². The average Bonchev–Trinajstić information content (AvgIpc) is 2.86. The van der Waals surface area contributed by atoms with Gasteiger partial charge in [-0.05, 0) is 38.1 Å². The predicted octanol–water partition coefficient (Wildman–Crippen LogP) is 2.22. The Morgan fingerprint density at radius 3 is 2.79 bits per heavy atom. The van der Waals surface area contributed by atoms with E-state index in [1.54, 1.807) is 0 Å². The fourth-order valence-electron chi connectivity index (χ4n) is 2.54. The van der Waals surface area contributed by atoms with Crippen molar-refractivity contribution in [2.75, 3.05) is 24.6 Å². The molecule has 0 radical (unpaired) electrons. The zero-order valence-electron chi connectivity index (χ0n) is 11.2. The number of nitrogens with zero attached hydrogens (tertiary/aromatic N) is 1. The second-order valence-corrected chi connectivity index (χ2v) is 5.13. The number of hydrogen-bond acceptors (Lipinski definition) is 3. The Labute approximate surface area is 112 Å². The summed E-state index contributed by atoms with van der Waals surface area (Å²) in [7, 11) is 1.96. The van der Waals surface area contributed by atoms with Crippen LogP contribution in [0.2, 0.25) is 0 Å². The van der Waals surface area contributed by atoms with E-state index in [1.165, 1.54) is 31.0 Å². The van der Waals surface area contributed by atoms with Crippen molar-refractivity contribution in [1.82, 2.24) is 4.90 Å². The monoisotopic (exact) mass is 265 g/mol. The van der Waals surface area contributed by atoms with Gasteiger partial charge in [0.25, 0.3) is 0 Å². The van der Waals surface area contributed by atoms with E-state index in [9.17, 15) is 9.18 Å². The lowest BCUT2D eigenvalue weighted by atomic mass is 10.2. The highest BCUT2D eigenvalue weighted by atomic mass is 19.1. The Hall–Kier alpha value is -1.62. The van der Waals surface area contributed by atoms with E-state index in [4.69, 9.17) is 5.73 Å². The summed E-state index contributed by atoms with van der Waals surface area (Å²) in [5.41, 5.74) is 6.37. The molecule has 0 aliphatic heterocycles. The van der Waals surface area contributed by atoms with Crippen molar-refractivity contribution in [1.29, 1.82) is 0 Å². The molecule has 1 amide bonds. The van der Waals surface area contributed by atoms with Crippen LogP contribution in [0.15, 0.2) is 18.2 Å². The van der Waals surface area contributed by atoms with E-state index < -0.39 is 5.82 Å². The molecular weight excluding hydrogens is 245 g/mol. The van der Waals surface area contributed by atoms with Gasteiger partial charge in [-0.25, -0.2) is 4.39 Å². The number of carbonyl (C=O) groups excluding carboxylic acids is 1. The number of nitrogens with one attached hydrogen (secondary N) is 1. The molecule has 2 rings (SSSR count). The highest BCUT2D eigenvalue weighted by Gasteiger charge is 2.21. The fraction of sp³-hybridized carbons (Fsp3) is 0.500. The third kappa shape index (κ3) is 3.67. The van der Waals surface area contributed by atoms with Gasteiger partial charge in [0.05, 0.1) is 17.9 Å². The van der Waals surface area contributed by atoms with Crippen molar-refractivity contribution >= 4 is 17.3 Å². The van der Waals surface area contributed by atoms with Gasteiger partial charge in [0.1, 0.15) is 5.82 Å². The molecule has 1 aromatic carbocycles. The first-order valence-electron chi connectivity index (χ1n) is 6.61. The van der Waals surface area contributed by atoms with Crippen molar-refractivity contribution in [3.8, 4) is 0 Å². The molecule has 5 heteroatoms. The third-order valence-electron chi connectivity index (χ3n) is 3.63. The van der Waals surface area contributed by atoms with Crippen LogP contribution in [0, 0.1) is 5.82 Å². The molecule has 0 spiro atoms. The molecule has 1 aliphatic rings. The molecule has 1 aliphatic carbocycles. The maximum absolute atomic E-state index is 12.9. The lowest BCUT2D eigenvalue weighted by Crippen LogP contribution is -2.36. The topological polar surface area (TPSA) is 58.4 Å². The fourth-order valence-corrected chi connectivity index (χ4v) is 2.54. The number of carbonyl (C=O) groups is 1. The van der Waals surface area contributed by atoms with E-state index in [-0.39, 0.29) is 11.6 Å². The van der Waals surface area contributed by atoms with Gasteiger partial charge < -0.3 is 11.1 Å². The maximum Gasteiger partial charge on any atom is 0.238 e. The zero-order chi connectivity index (χ0) is 13.8. The quantitative estimate of drug-likeness (QED) is 0.821. The average molecular weight is 265 g/mol. The minimum atomic E-state index is -0.404. The van der Waals surface area contributed by atoms with Crippen LogP contribution in [0.4, 0.5) is 15.8 Å². The first-order valence-corrected chi connectivity index (χ1v) is 6.61. The van der Waals surface area contributed by atoms with E-state index in [0.717, 1.165) is 12.8 Å². The molecule has 0 heterocycles. The van der Waals surface area contributed by atoms with Crippen molar-refractivity contribution in [3.63, 3.8) is 0 Å². The van der Waals surface area contributed by atoms with Gasteiger partial charge in [0, 0.05) is 6.04 Å². The van der Waals surface area contributed by atoms with E-state index in [0.29, 0.717) is 18.3 Å². The van der Waals surface area contributed by atoms with Gasteiger partial charge in [-0.2, -0.15) is 0 Å². The SMILES string of the molecule is CN(CC(=O)Nc1ccc(F)cc1N)C1CCCC1. The highest BCUT2D eigenvalue weighted by Crippen LogP contribution is 2.23. The Bertz CT molecular complexity index is 458.